The summed E-state index contributed by atoms with van der Waals surface area (Å²) < 4.78 is 20.4. The van der Waals surface area contributed by atoms with E-state index in [1.54, 1.807) is 23.0 Å². The van der Waals surface area contributed by atoms with E-state index < -0.39 is 0 Å². The molecule has 3 aromatic rings. The van der Waals surface area contributed by atoms with Gasteiger partial charge in [0.25, 0.3) is 0 Å². The van der Waals surface area contributed by atoms with Gasteiger partial charge in [-0.3, -0.25) is 4.68 Å². The molecule has 2 aromatic carbocycles. The number of hydrogen-bond acceptors (Lipinski definition) is 4. The van der Waals surface area contributed by atoms with Crippen LogP contribution in [-0.4, -0.2) is 21.5 Å². The van der Waals surface area contributed by atoms with Gasteiger partial charge in [0.1, 0.15) is 18.2 Å². The molecule has 0 amide bonds. The van der Waals surface area contributed by atoms with Crippen LogP contribution in [0.15, 0.2) is 60.9 Å². The van der Waals surface area contributed by atoms with E-state index in [0.29, 0.717) is 19.7 Å². The van der Waals surface area contributed by atoms with Gasteiger partial charge in [-0.05, 0) is 35.4 Å². The van der Waals surface area contributed by atoms with Crippen molar-refractivity contribution in [3.8, 4) is 5.75 Å². The first-order valence-electron chi connectivity index (χ1n) is 8.06. The molecule has 0 unspecified atom stereocenters. The van der Waals surface area contributed by atoms with Gasteiger partial charge in [-0.2, -0.15) is 5.10 Å². The number of anilines is 1. The number of ether oxygens (including phenoxy) is 1. The molecule has 2 N–H and O–H groups in total. The Balaban J connectivity index is 1.54. The minimum absolute atomic E-state index is 0.0640. The molecule has 0 saturated heterocycles. The van der Waals surface area contributed by atoms with Gasteiger partial charge >= 0.3 is 0 Å². The first-order valence-corrected chi connectivity index (χ1v) is 8.06. The van der Waals surface area contributed by atoms with Crippen molar-refractivity contribution in [2.45, 2.75) is 19.7 Å². The zero-order valence-electron chi connectivity index (χ0n) is 13.7. The normalized spacial score (nSPS) is 10.6. The molecule has 0 spiro atoms. The second-order valence-electron chi connectivity index (χ2n) is 5.63. The number of aromatic nitrogens is 2. The number of aliphatic hydroxyl groups excluding tert-OH is 1. The molecular weight excluding hydrogens is 321 g/mol. The molecule has 0 aliphatic carbocycles. The van der Waals surface area contributed by atoms with Gasteiger partial charge < -0.3 is 15.2 Å². The molecule has 0 aliphatic rings. The van der Waals surface area contributed by atoms with Crippen molar-refractivity contribution in [3.05, 3.63) is 77.9 Å². The van der Waals surface area contributed by atoms with E-state index in [1.165, 1.54) is 12.1 Å². The van der Waals surface area contributed by atoms with Crippen molar-refractivity contribution in [1.82, 2.24) is 9.78 Å². The third-order valence-corrected chi connectivity index (χ3v) is 3.68. The highest BCUT2D eigenvalue weighted by Crippen LogP contribution is 2.17. The van der Waals surface area contributed by atoms with Crippen molar-refractivity contribution in [3.63, 3.8) is 0 Å². The van der Waals surface area contributed by atoms with E-state index in [-0.39, 0.29) is 12.4 Å². The van der Waals surface area contributed by atoms with Crippen molar-refractivity contribution in [2.24, 2.45) is 0 Å². The Hall–Kier alpha value is -2.86. The lowest BCUT2D eigenvalue weighted by Crippen LogP contribution is -2.02. The number of nitrogens with one attached hydrogen (secondary N) is 1. The van der Waals surface area contributed by atoms with Crippen LogP contribution in [0.1, 0.15) is 11.1 Å². The van der Waals surface area contributed by atoms with E-state index in [4.69, 9.17) is 9.84 Å². The van der Waals surface area contributed by atoms with E-state index >= 15 is 0 Å². The van der Waals surface area contributed by atoms with Crippen LogP contribution in [-0.2, 0) is 19.7 Å². The second kappa shape index (κ2) is 8.30. The van der Waals surface area contributed by atoms with Crippen molar-refractivity contribution in [1.29, 1.82) is 0 Å². The van der Waals surface area contributed by atoms with Gasteiger partial charge in [0.05, 0.1) is 25.0 Å². The average molecular weight is 341 g/mol. The van der Waals surface area contributed by atoms with E-state index in [9.17, 15) is 4.39 Å². The van der Waals surface area contributed by atoms with Crippen molar-refractivity contribution in [2.75, 3.05) is 11.9 Å². The summed E-state index contributed by atoms with van der Waals surface area (Å²) in [5.41, 5.74) is 2.89. The van der Waals surface area contributed by atoms with Crippen molar-refractivity contribution < 1.29 is 14.2 Å². The van der Waals surface area contributed by atoms with E-state index in [0.717, 1.165) is 22.6 Å². The highest BCUT2D eigenvalue weighted by Gasteiger charge is 2.01. The highest BCUT2D eigenvalue weighted by atomic mass is 19.1. The number of rotatable bonds is 8. The van der Waals surface area contributed by atoms with Crippen molar-refractivity contribution >= 4 is 5.69 Å². The third-order valence-electron chi connectivity index (χ3n) is 3.68. The second-order valence-corrected chi connectivity index (χ2v) is 5.63. The quantitative estimate of drug-likeness (QED) is 0.660. The summed E-state index contributed by atoms with van der Waals surface area (Å²) in [6.45, 7) is 1.58. The molecular formula is C19H20FN3O2. The Morgan fingerprint density at radius 3 is 2.76 bits per heavy atom. The topological polar surface area (TPSA) is 59.3 Å². The molecule has 3 rings (SSSR count). The molecule has 1 heterocycles. The number of halogens is 1. The average Bonchev–Trinajstić information content (AvgIpc) is 3.08. The summed E-state index contributed by atoms with van der Waals surface area (Å²) in [7, 11) is 0. The van der Waals surface area contributed by atoms with Gasteiger partial charge in [-0.1, -0.05) is 24.3 Å². The lowest BCUT2D eigenvalue weighted by molar-refractivity contribution is 0.269. The van der Waals surface area contributed by atoms with Gasteiger partial charge in [-0.15, -0.1) is 0 Å². The minimum atomic E-state index is -0.251. The molecule has 25 heavy (non-hydrogen) atoms. The molecule has 0 atom stereocenters. The molecule has 6 heteroatoms. The fraction of sp³-hybridized carbons (Fsp3) is 0.211. The summed E-state index contributed by atoms with van der Waals surface area (Å²) in [5.74, 6) is 0.513. The molecule has 1 aromatic heterocycles. The Bertz CT molecular complexity index is 802. The lowest BCUT2D eigenvalue weighted by Gasteiger charge is -2.09. The largest absolute Gasteiger partial charge is 0.489 e. The molecule has 130 valence electrons. The summed E-state index contributed by atoms with van der Waals surface area (Å²) >= 11 is 0. The number of hydrogen-bond donors (Lipinski definition) is 2. The smallest absolute Gasteiger partial charge is 0.123 e. The van der Waals surface area contributed by atoms with Gasteiger partial charge in [0.15, 0.2) is 0 Å². The Morgan fingerprint density at radius 2 is 1.96 bits per heavy atom. The van der Waals surface area contributed by atoms with Crippen LogP contribution in [0.2, 0.25) is 0 Å². The van der Waals surface area contributed by atoms with Crippen LogP contribution in [0.5, 0.6) is 5.75 Å². The maximum absolute atomic E-state index is 12.9. The monoisotopic (exact) mass is 341 g/mol. The Morgan fingerprint density at radius 1 is 1.12 bits per heavy atom. The van der Waals surface area contributed by atoms with Crippen LogP contribution >= 0.6 is 0 Å². The predicted molar refractivity (Wildman–Crippen MR) is 93.8 cm³/mol. The van der Waals surface area contributed by atoms with Crippen LogP contribution in [0.3, 0.4) is 0 Å². The first-order chi connectivity index (χ1) is 12.2. The maximum atomic E-state index is 12.9. The molecule has 0 bridgehead atoms. The first kappa shape index (κ1) is 17.0. The summed E-state index contributed by atoms with van der Waals surface area (Å²) in [4.78, 5) is 0. The highest BCUT2D eigenvalue weighted by molar-refractivity contribution is 5.40. The van der Waals surface area contributed by atoms with E-state index in [2.05, 4.69) is 10.4 Å². The van der Waals surface area contributed by atoms with Gasteiger partial charge in [-0.25, -0.2) is 4.39 Å². The zero-order chi connectivity index (χ0) is 17.5. The molecule has 0 saturated carbocycles. The zero-order valence-corrected chi connectivity index (χ0v) is 13.7. The summed E-state index contributed by atoms with van der Waals surface area (Å²) in [6, 6.07) is 14.1. The fourth-order valence-corrected chi connectivity index (χ4v) is 2.38. The molecule has 0 aliphatic heterocycles. The number of aliphatic hydroxyl groups is 1. The fourth-order valence-electron chi connectivity index (χ4n) is 2.38. The Labute approximate surface area is 145 Å². The van der Waals surface area contributed by atoms with Gasteiger partial charge in [0.2, 0.25) is 0 Å². The summed E-state index contributed by atoms with van der Waals surface area (Å²) in [6.07, 6.45) is 3.58. The third kappa shape index (κ3) is 5.06. The molecule has 0 radical (unpaired) electrons. The van der Waals surface area contributed by atoms with Gasteiger partial charge in [0, 0.05) is 12.7 Å². The summed E-state index contributed by atoms with van der Waals surface area (Å²) in [5, 5.41) is 16.3. The van der Waals surface area contributed by atoms with Crippen LogP contribution in [0, 0.1) is 5.82 Å². The van der Waals surface area contributed by atoms with Crippen LogP contribution in [0.4, 0.5) is 10.1 Å². The van der Waals surface area contributed by atoms with Crippen LogP contribution in [0.25, 0.3) is 0 Å². The lowest BCUT2D eigenvalue weighted by atomic mass is 10.2. The van der Waals surface area contributed by atoms with E-state index in [1.807, 2.05) is 30.5 Å². The SMILES string of the molecule is OCCn1cc(NCc2cccc(OCc3ccc(F)cc3)c2)cn1. The maximum Gasteiger partial charge on any atom is 0.123 e. The molecule has 0 fully saturated rings. The number of benzene rings is 2. The Kier molecular flexibility index (Phi) is 5.64. The minimum Gasteiger partial charge on any atom is -0.489 e. The predicted octanol–water partition coefficient (Wildman–Crippen LogP) is 3.21. The number of nitrogens with zero attached hydrogens (tertiary/aromatic N) is 2. The molecule has 5 nitrogen and oxygen atoms in total. The van der Waals surface area contributed by atoms with Crippen LogP contribution < -0.4 is 10.1 Å². The standard InChI is InChI=1S/C19H20FN3O2/c20-17-6-4-15(5-7-17)14-25-19-3-1-2-16(10-19)11-21-18-12-22-23(13-18)8-9-24/h1-7,10,12-13,21,24H,8-9,11,14H2.